The summed E-state index contributed by atoms with van der Waals surface area (Å²) in [6.07, 6.45) is 0. The van der Waals surface area contributed by atoms with Gasteiger partial charge in [0, 0.05) is 0 Å². The van der Waals surface area contributed by atoms with E-state index in [9.17, 15) is 0 Å². The van der Waals surface area contributed by atoms with Crippen molar-refractivity contribution < 1.29 is 14.2 Å². The summed E-state index contributed by atoms with van der Waals surface area (Å²) in [5.41, 5.74) is 0. The third-order valence-electron chi connectivity index (χ3n) is 1.14. The molecule has 0 aromatic carbocycles. The lowest BCUT2D eigenvalue weighted by molar-refractivity contribution is 0.256. The van der Waals surface area contributed by atoms with Gasteiger partial charge in [-0.15, -0.1) is 0 Å². The Morgan fingerprint density at radius 2 is 0.857 bits per heavy atom. The third-order valence-corrected chi connectivity index (χ3v) is 1.14. The number of ether oxygens (including phenoxy) is 3. The van der Waals surface area contributed by atoms with Crippen LogP contribution in [0.4, 0.5) is 0 Å². The molecule has 3 heteroatoms. The van der Waals surface area contributed by atoms with Gasteiger partial charge in [-0.05, 0) is 0 Å². The van der Waals surface area contributed by atoms with Gasteiger partial charge in [0.2, 0.25) is 5.79 Å². The molecule has 0 unspecified atom stereocenters. The fourth-order valence-electron chi connectivity index (χ4n) is 0.328. The molecule has 1 spiro atoms. The summed E-state index contributed by atoms with van der Waals surface area (Å²) >= 11 is 0. The first-order chi connectivity index (χ1) is 3.91. The Morgan fingerprint density at radius 3 is 0.857 bits per heavy atom. The minimum Gasteiger partial charge on any atom is -0.377 e. The van der Waals surface area contributed by atoms with E-state index in [1.165, 1.54) is 0 Å². The topological polar surface area (TPSA) is 37.6 Å². The van der Waals surface area contributed by atoms with E-state index in [4.69, 9.17) is 9.47 Å². The van der Waals surface area contributed by atoms with Crippen LogP contribution in [-0.4, -0.2) is 32.2 Å². The van der Waals surface area contributed by atoms with Crippen LogP contribution in [0, 0.1) is 0 Å². The molecule has 0 atom stereocenters. The summed E-state index contributed by atoms with van der Waals surface area (Å²) in [6, 6.07) is 0. The minimum atomic E-state index is 0. The molecule has 0 bridgehead atoms. The Morgan fingerprint density at radius 1 is 0.643 bits per heavy atom. The molecule has 94 valence electrons. The van der Waals surface area contributed by atoms with Gasteiger partial charge in [-0.2, -0.15) is 0 Å². The lowest BCUT2D eigenvalue weighted by atomic mass is 10.6. The molecule has 3 nitrogen and oxygen atoms in total. The second kappa shape index (κ2) is 11.0. The third kappa shape index (κ3) is 11.9. The fourth-order valence-corrected chi connectivity index (χ4v) is 0.328. The maximum Gasteiger partial charge on any atom is 0.216 e. The van der Waals surface area contributed by atoms with Crippen molar-refractivity contribution in [3.8, 4) is 0 Å². The highest BCUT2D eigenvalue weighted by molar-refractivity contribution is 4.92. The molecule has 0 aliphatic carbocycles. The Kier molecular flexibility index (Phi) is 22.9. The van der Waals surface area contributed by atoms with Gasteiger partial charge in [-0.3, -0.25) is 0 Å². The maximum atomic E-state index is 4.78. The second-order valence-corrected chi connectivity index (χ2v) is 2.10. The summed E-state index contributed by atoms with van der Waals surface area (Å²) in [5, 5.41) is 0. The molecule has 14 heavy (non-hydrogen) atoms. The zero-order chi connectivity index (χ0) is 5.45. The van der Waals surface area contributed by atoms with Crippen LogP contribution in [-0.2, 0) is 14.2 Å². The summed E-state index contributed by atoms with van der Waals surface area (Å²) in [5.74, 6) is 0. The van der Waals surface area contributed by atoms with Crippen molar-refractivity contribution in [2.24, 2.45) is 0 Å². The van der Waals surface area contributed by atoms with Gasteiger partial charge < -0.3 is 14.2 Å². The first-order valence-electron chi connectivity index (χ1n) is 2.77. The number of hydrogen-bond donors (Lipinski definition) is 0. The molecule has 0 amide bonds. The van der Waals surface area contributed by atoms with Crippen molar-refractivity contribution in [1.82, 2.24) is 0 Å². The van der Waals surface area contributed by atoms with Gasteiger partial charge in [0.25, 0.3) is 0 Å². The lowest BCUT2D eigenvalue weighted by Gasteiger charge is -1.53. The second-order valence-electron chi connectivity index (χ2n) is 2.10. The van der Waals surface area contributed by atoms with E-state index >= 15 is 0 Å². The molecule has 3 rings (SSSR count). The van der Waals surface area contributed by atoms with Gasteiger partial charge in [0.15, 0.2) is 0 Å². The normalized spacial score (nSPS) is 18.9. The Bertz CT molecular complexity index is 78.4. The highest BCUT2D eigenvalue weighted by Crippen LogP contribution is 2.40. The van der Waals surface area contributed by atoms with E-state index in [0.29, 0.717) is 0 Å². The Hall–Kier alpha value is -0.120. The fraction of sp³-hybridized carbons (Fsp3) is 1.00. The zero-order valence-electron chi connectivity index (χ0n) is 4.55. The molecule has 0 saturated carbocycles. The quantitative estimate of drug-likeness (QED) is 0.576. The van der Waals surface area contributed by atoms with Crippen molar-refractivity contribution in [2.75, 3.05) is 26.4 Å². The van der Waals surface area contributed by atoms with E-state index < -0.39 is 0 Å². The summed E-state index contributed by atoms with van der Waals surface area (Å²) in [6.45, 7) is 3.68. The molecular weight excluding hydrogens is 180 g/mol. The minimum absolute atomic E-state index is 0. The number of hydrogen-bond acceptors (Lipinski definition) is 3. The molecule has 0 aromatic heterocycles. The van der Waals surface area contributed by atoms with E-state index in [1.807, 2.05) is 0 Å². The highest BCUT2D eigenvalue weighted by Gasteiger charge is 2.59. The SMILES string of the molecule is C.C.C.C.C.C.C1CO1.C1OC12CO2. The van der Waals surface area contributed by atoms with Crippen LogP contribution < -0.4 is 0 Å². The van der Waals surface area contributed by atoms with Crippen LogP contribution in [0.15, 0.2) is 0 Å². The van der Waals surface area contributed by atoms with Gasteiger partial charge >= 0.3 is 0 Å². The van der Waals surface area contributed by atoms with Crippen LogP contribution in [0.1, 0.15) is 44.6 Å². The predicted octanol–water partition coefficient (Wildman–Crippen LogP) is 3.58. The molecule has 3 saturated heterocycles. The Labute approximate surface area is 91.8 Å². The van der Waals surface area contributed by atoms with Crippen LogP contribution in [0.25, 0.3) is 0 Å². The molecule has 3 heterocycles. The van der Waals surface area contributed by atoms with Crippen LogP contribution >= 0.6 is 0 Å². The van der Waals surface area contributed by atoms with Crippen LogP contribution in [0.3, 0.4) is 0 Å². The molecule has 3 aliphatic rings. The van der Waals surface area contributed by atoms with Crippen molar-refractivity contribution in [3.05, 3.63) is 0 Å². The van der Waals surface area contributed by atoms with Crippen molar-refractivity contribution in [2.45, 2.75) is 50.3 Å². The van der Waals surface area contributed by atoms with Crippen LogP contribution in [0.5, 0.6) is 0 Å². The van der Waals surface area contributed by atoms with E-state index in [-0.39, 0.29) is 50.3 Å². The molecule has 0 aromatic rings. The summed E-state index contributed by atoms with van der Waals surface area (Å²) < 4.78 is 14.1. The van der Waals surface area contributed by atoms with E-state index in [0.717, 1.165) is 26.4 Å². The largest absolute Gasteiger partial charge is 0.377 e. The van der Waals surface area contributed by atoms with Gasteiger partial charge in [0.05, 0.1) is 13.2 Å². The summed E-state index contributed by atoms with van der Waals surface area (Å²) in [7, 11) is 0. The zero-order valence-corrected chi connectivity index (χ0v) is 4.55. The lowest BCUT2D eigenvalue weighted by Crippen LogP contribution is -1.74. The van der Waals surface area contributed by atoms with Crippen molar-refractivity contribution in [3.63, 3.8) is 0 Å². The van der Waals surface area contributed by atoms with E-state index in [2.05, 4.69) is 4.74 Å². The average molecular weight is 212 g/mol. The summed E-state index contributed by atoms with van der Waals surface area (Å²) in [4.78, 5) is 0. The first kappa shape index (κ1) is 29.2. The standard InChI is InChI=1S/C3H4O2.C2H4O.6CH4/c1-3(4-1)2-5-3;1-2-3-1;;;;;;/h1-2H2;1-2H2;6*1H4. The number of rotatable bonds is 0. The molecule has 0 N–H and O–H groups in total. The Balaban J connectivity index is -0.0000000282. The monoisotopic (exact) mass is 212 g/mol. The molecule has 0 radical (unpaired) electrons. The van der Waals surface area contributed by atoms with Crippen molar-refractivity contribution >= 4 is 0 Å². The molecule has 3 fully saturated rings. The first-order valence-corrected chi connectivity index (χ1v) is 2.77. The van der Waals surface area contributed by atoms with Gasteiger partial charge in [-0.1, -0.05) is 44.6 Å². The predicted molar refractivity (Wildman–Crippen MR) is 65.8 cm³/mol. The van der Waals surface area contributed by atoms with Gasteiger partial charge in [-0.25, -0.2) is 0 Å². The van der Waals surface area contributed by atoms with Gasteiger partial charge in [0.1, 0.15) is 13.2 Å². The highest BCUT2D eigenvalue weighted by atomic mass is 16.9. The smallest absolute Gasteiger partial charge is 0.216 e. The number of epoxide rings is 3. The average Bonchev–Trinajstić information content (AvgIpc) is 2.62. The molecular formula is C11H32O3. The maximum absolute atomic E-state index is 4.78. The van der Waals surface area contributed by atoms with Crippen LogP contribution in [0.2, 0.25) is 0 Å². The van der Waals surface area contributed by atoms with Crippen molar-refractivity contribution in [1.29, 1.82) is 0 Å². The van der Waals surface area contributed by atoms with E-state index in [1.54, 1.807) is 0 Å². The molecule has 3 aliphatic heterocycles.